The van der Waals surface area contributed by atoms with E-state index in [1.54, 1.807) is 0 Å². The molecule has 1 fully saturated rings. The lowest BCUT2D eigenvalue weighted by Gasteiger charge is -2.33. The largest absolute Gasteiger partial charge is 0.342 e. The number of carbonyl (C=O) groups is 1. The van der Waals surface area contributed by atoms with Crippen molar-refractivity contribution in [2.75, 3.05) is 19.0 Å². The first-order valence-electron chi connectivity index (χ1n) is 8.66. The van der Waals surface area contributed by atoms with Crippen molar-refractivity contribution in [2.24, 2.45) is 11.8 Å². The third-order valence-corrected chi connectivity index (χ3v) is 5.43. The van der Waals surface area contributed by atoms with Crippen molar-refractivity contribution >= 4 is 17.5 Å². The van der Waals surface area contributed by atoms with E-state index >= 15 is 0 Å². The maximum absolute atomic E-state index is 11.7. The molecule has 0 spiro atoms. The summed E-state index contributed by atoms with van der Waals surface area (Å²) in [4.78, 5) is 13.6. The van der Waals surface area contributed by atoms with Crippen molar-refractivity contribution in [3.63, 3.8) is 0 Å². The van der Waals surface area contributed by atoms with Gasteiger partial charge < -0.3 is 4.90 Å². The van der Waals surface area contributed by atoms with Crippen molar-refractivity contribution in [3.8, 4) is 0 Å². The molecule has 0 radical (unpaired) electrons. The van der Waals surface area contributed by atoms with Gasteiger partial charge in [0, 0.05) is 13.1 Å². The summed E-state index contributed by atoms with van der Waals surface area (Å²) < 4.78 is 0. The summed E-state index contributed by atoms with van der Waals surface area (Å²) in [5.74, 6) is 1.40. The minimum atomic E-state index is 0.0733. The Kier molecular flexibility index (Phi) is 8.24. The van der Waals surface area contributed by atoms with E-state index in [0.717, 1.165) is 32.4 Å². The van der Waals surface area contributed by atoms with E-state index in [2.05, 4.69) is 40.7 Å². The molecule has 1 aliphatic heterocycles. The first-order chi connectivity index (χ1) is 10.4. The van der Waals surface area contributed by atoms with Gasteiger partial charge in [0.1, 0.15) is 5.88 Å². The van der Waals surface area contributed by atoms with Gasteiger partial charge in [-0.05, 0) is 56.9 Å². The van der Waals surface area contributed by atoms with Gasteiger partial charge in [0.25, 0.3) is 0 Å². The fourth-order valence-corrected chi connectivity index (χ4v) is 3.20. The lowest BCUT2D eigenvalue weighted by Crippen LogP contribution is -2.39. The Morgan fingerprint density at radius 1 is 1.27 bits per heavy atom. The van der Waals surface area contributed by atoms with E-state index in [1.807, 2.05) is 4.90 Å². The number of amides is 1. The summed E-state index contributed by atoms with van der Waals surface area (Å²) in [5, 5.41) is 0. The summed E-state index contributed by atoms with van der Waals surface area (Å²) in [6.45, 7) is 13.0. The summed E-state index contributed by atoms with van der Waals surface area (Å²) in [5.41, 5.74) is 4.48. The molecule has 1 saturated heterocycles. The number of piperidine rings is 1. The minimum Gasteiger partial charge on any atom is -0.342 e. The average Bonchev–Trinajstić information content (AvgIpc) is 2.57. The number of hydrogen-bond acceptors (Lipinski definition) is 1. The summed E-state index contributed by atoms with van der Waals surface area (Å²) in [6, 6.07) is 0. The average molecular weight is 326 g/mol. The first-order valence-corrected chi connectivity index (χ1v) is 9.19. The molecule has 0 aromatic heterocycles. The number of likely N-dealkylation sites (tertiary alicyclic amines) is 1. The summed E-state index contributed by atoms with van der Waals surface area (Å²) in [6.07, 6.45) is 6.82. The fourth-order valence-electron chi connectivity index (χ4n) is 3.03. The molecule has 1 heterocycles. The van der Waals surface area contributed by atoms with E-state index < -0.39 is 0 Å². The van der Waals surface area contributed by atoms with Gasteiger partial charge in [-0.1, -0.05) is 38.0 Å². The van der Waals surface area contributed by atoms with E-state index in [1.165, 1.54) is 23.1 Å². The van der Waals surface area contributed by atoms with Gasteiger partial charge in [0.15, 0.2) is 0 Å². The van der Waals surface area contributed by atoms with Crippen LogP contribution in [0.25, 0.3) is 0 Å². The van der Waals surface area contributed by atoms with Gasteiger partial charge in [-0.15, -0.1) is 11.6 Å². The molecule has 0 aromatic carbocycles. The molecule has 22 heavy (non-hydrogen) atoms. The van der Waals surface area contributed by atoms with Crippen LogP contribution in [0.1, 0.15) is 60.3 Å². The Bertz CT molecular complexity index is 431. The van der Waals surface area contributed by atoms with Gasteiger partial charge >= 0.3 is 0 Å². The van der Waals surface area contributed by atoms with Crippen LogP contribution in [0.5, 0.6) is 0 Å². The van der Waals surface area contributed by atoms with Crippen LogP contribution in [-0.4, -0.2) is 29.8 Å². The molecule has 1 aliphatic rings. The number of carbonyl (C=O) groups excluding carboxylic acids is 1. The predicted molar refractivity (Wildman–Crippen MR) is 96.2 cm³/mol. The molecule has 0 aliphatic carbocycles. The normalized spacial score (nSPS) is 19.9. The number of rotatable bonds is 6. The van der Waals surface area contributed by atoms with Crippen molar-refractivity contribution in [3.05, 3.63) is 22.8 Å². The van der Waals surface area contributed by atoms with Gasteiger partial charge in [0.2, 0.25) is 5.91 Å². The Morgan fingerprint density at radius 3 is 2.32 bits per heavy atom. The monoisotopic (exact) mass is 325 g/mol. The second-order valence-electron chi connectivity index (χ2n) is 6.58. The number of allylic oxidation sites excluding steroid dienone is 4. The zero-order valence-corrected chi connectivity index (χ0v) is 15.7. The molecule has 1 amide bonds. The Balaban J connectivity index is 2.87. The second-order valence-corrected chi connectivity index (χ2v) is 6.84. The van der Waals surface area contributed by atoms with Crippen LogP contribution in [0.3, 0.4) is 0 Å². The number of nitrogens with zero attached hydrogens (tertiary/aromatic N) is 1. The molecule has 1 unspecified atom stereocenters. The smallest absolute Gasteiger partial charge is 0.237 e. The van der Waals surface area contributed by atoms with E-state index in [0.29, 0.717) is 11.8 Å². The molecule has 0 saturated carbocycles. The maximum Gasteiger partial charge on any atom is 0.237 e. The fraction of sp³-hybridized carbons (Fsp3) is 0.737. The van der Waals surface area contributed by atoms with Gasteiger partial charge in [0.05, 0.1) is 0 Å². The van der Waals surface area contributed by atoms with E-state index in [4.69, 9.17) is 11.6 Å². The molecule has 2 nitrogen and oxygen atoms in total. The van der Waals surface area contributed by atoms with Crippen LogP contribution in [0.2, 0.25) is 0 Å². The molecule has 1 rings (SSSR count). The van der Waals surface area contributed by atoms with Crippen LogP contribution >= 0.6 is 11.6 Å². The van der Waals surface area contributed by atoms with Crippen molar-refractivity contribution in [1.82, 2.24) is 4.90 Å². The van der Waals surface area contributed by atoms with E-state index in [9.17, 15) is 4.79 Å². The molecule has 0 bridgehead atoms. The number of halogens is 1. The highest BCUT2D eigenvalue weighted by atomic mass is 35.5. The van der Waals surface area contributed by atoms with Crippen molar-refractivity contribution < 1.29 is 4.79 Å². The SMILES string of the molecule is CCC(C)=C(/C=C(/C)C(C)CC)C1CCN(C(=O)CCl)CC1. The van der Waals surface area contributed by atoms with Crippen molar-refractivity contribution in [2.45, 2.75) is 60.3 Å². The highest BCUT2D eigenvalue weighted by molar-refractivity contribution is 6.27. The standard InChI is InChI=1S/C19H32ClNO/c1-6-14(3)16(5)12-18(15(4)7-2)17-8-10-21(11-9-17)19(22)13-20/h12,14,17H,6-11,13H2,1-5H3/b16-12-,18-15?. The van der Waals surface area contributed by atoms with Gasteiger partial charge in [-0.3, -0.25) is 4.79 Å². The highest BCUT2D eigenvalue weighted by Crippen LogP contribution is 2.31. The zero-order chi connectivity index (χ0) is 16.7. The van der Waals surface area contributed by atoms with E-state index in [-0.39, 0.29) is 11.8 Å². The molecule has 3 heteroatoms. The van der Waals surface area contributed by atoms with Gasteiger partial charge in [-0.25, -0.2) is 0 Å². The first kappa shape index (κ1) is 19.3. The molecule has 126 valence electrons. The molecule has 0 aromatic rings. The van der Waals surface area contributed by atoms with Crippen LogP contribution in [0.15, 0.2) is 22.8 Å². The predicted octanol–water partition coefficient (Wildman–Crippen LogP) is 5.18. The maximum atomic E-state index is 11.7. The summed E-state index contributed by atoms with van der Waals surface area (Å²) >= 11 is 5.67. The zero-order valence-electron chi connectivity index (χ0n) is 14.9. The minimum absolute atomic E-state index is 0.0733. The molecular weight excluding hydrogens is 294 g/mol. The summed E-state index contributed by atoms with van der Waals surface area (Å²) in [7, 11) is 0. The van der Waals surface area contributed by atoms with Crippen LogP contribution in [0, 0.1) is 11.8 Å². The Hall–Kier alpha value is -0.760. The lowest BCUT2D eigenvalue weighted by molar-refractivity contribution is -0.129. The molecule has 1 atom stereocenters. The second kappa shape index (κ2) is 9.39. The highest BCUT2D eigenvalue weighted by Gasteiger charge is 2.24. The third kappa shape index (κ3) is 5.15. The van der Waals surface area contributed by atoms with Gasteiger partial charge in [-0.2, -0.15) is 0 Å². The lowest BCUT2D eigenvalue weighted by atomic mass is 9.83. The van der Waals surface area contributed by atoms with Crippen LogP contribution < -0.4 is 0 Å². The Morgan fingerprint density at radius 2 is 1.86 bits per heavy atom. The third-order valence-electron chi connectivity index (χ3n) is 5.20. The van der Waals surface area contributed by atoms with Crippen LogP contribution in [0.4, 0.5) is 0 Å². The molecule has 0 N–H and O–H groups in total. The Labute approximate surface area is 141 Å². The van der Waals surface area contributed by atoms with Crippen LogP contribution in [-0.2, 0) is 4.79 Å². The number of alkyl halides is 1. The molecular formula is C19H32ClNO. The quantitative estimate of drug-likeness (QED) is 0.486. The number of hydrogen-bond donors (Lipinski definition) is 0. The van der Waals surface area contributed by atoms with Crippen molar-refractivity contribution in [1.29, 1.82) is 0 Å². The topological polar surface area (TPSA) is 20.3 Å².